The standard InChI is InChI=1S/C9H18N2O2/c1-7(10)8(12)11-9(2)4-3-5-13-6-9/h7H,3-6,10H2,1-2H3,(H,11,12). The number of hydrogen-bond donors (Lipinski definition) is 2. The minimum absolute atomic E-state index is 0.104. The molecule has 4 nitrogen and oxygen atoms in total. The van der Waals surface area contributed by atoms with Gasteiger partial charge in [0, 0.05) is 6.61 Å². The summed E-state index contributed by atoms with van der Waals surface area (Å²) in [6.45, 7) is 5.06. The number of rotatable bonds is 2. The van der Waals surface area contributed by atoms with E-state index < -0.39 is 6.04 Å². The van der Waals surface area contributed by atoms with Gasteiger partial charge < -0.3 is 15.8 Å². The van der Waals surface area contributed by atoms with Crippen LogP contribution in [0.25, 0.3) is 0 Å². The molecule has 76 valence electrons. The van der Waals surface area contributed by atoms with Crippen molar-refractivity contribution >= 4 is 5.91 Å². The highest BCUT2D eigenvalue weighted by atomic mass is 16.5. The zero-order valence-electron chi connectivity index (χ0n) is 8.30. The summed E-state index contributed by atoms with van der Waals surface area (Å²) in [7, 11) is 0. The molecule has 0 aromatic carbocycles. The van der Waals surface area contributed by atoms with Crippen LogP contribution in [0.3, 0.4) is 0 Å². The van der Waals surface area contributed by atoms with Gasteiger partial charge in [0.05, 0.1) is 18.2 Å². The van der Waals surface area contributed by atoms with Crippen LogP contribution in [-0.4, -0.2) is 30.7 Å². The Morgan fingerprint density at radius 2 is 2.38 bits per heavy atom. The van der Waals surface area contributed by atoms with Crippen LogP contribution in [0.15, 0.2) is 0 Å². The molecule has 1 heterocycles. The molecule has 4 heteroatoms. The quantitative estimate of drug-likeness (QED) is 0.639. The Bertz CT molecular complexity index is 186. The van der Waals surface area contributed by atoms with Crippen molar-refractivity contribution in [2.45, 2.75) is 38.3 Å². The first kappa shape index (κ1) is 10.5. The molecule has 3 N–H and O–H groups in total. The topological polar surface area (TPSA) is 64.4 Å². The molecule has 1 rings (SSSR count). The number of nitrogens with two attached hydrogens (primary N) is 1. The zero-order chi connectivity index (χ0) is 9.90. The summed E-state index contributed by atoms with van der Waals surface area (Å²) in [5, 5.41) is 2.91. The van der Waals surface area contributed by atoms with E-state index in [0.717, 1.165) is 19.4 Å². The van der Waals surface area contributed by atoms with Crippen LogP contribution < -0.4 is 11.1 Å². The van der Waals surface area contributed by atoms with Gasteiger partial charge in [0.25, 0.3) is 0 Å². The van der Waals surface area contributed by atoms with Crippen LogP contribution in [0.2, 0.25) is 0 Å². The van der Waals surface area contributed by atoms with Gasteiger partial charge in [-0.2, -0.15) is 0 Å². The molecule has 1 fully saturated rings. The third-order valence-electron chi connectivity index (χ3n) is 2.28. The Morgan fingerprint density at radius 3 is 2.85 bits per heavy atom. The van der Waals surface area contributed by atoms with Gasteiger partial charge in [-0.15, -0.1) is 0 Å². The monoisotopic (exact) mass is 186 g/mol. The maximum Gasteiger partial charge on any atom is 0.237 e. The molecule has 2 unspecified atom stereocenters. The molecule has 0 aromatic heterocycles. The number of nitrogens with one attached hydrogen (secondary N) is 1. The molecule has 1 aliphatic rings. The molecule has 1 amide bonds. The van der Waals surface area contributed by atoms with E-state index in [4.69, 9.17) is 10.5 Å². The average Bonchev–Trinajstić information content (AvgIpc) is 2.04. The van der Waals surface area contributed by atoms with Crippen molar-refractivity contribution in [2.24, 2.45) is 5.73 Å². The maximum absolute atomic E-state index is 11.3. The van der Waals surface area contributed by atoms with E-state index in [-0.39, 0.29) is 11.4 Å². The van der Waals surface area contributed by atoms with Crippen molar-refractivity contribution in [1.82, 2.24) is 5.32 Å². The Hall–Kier alpha value is -0.610. The highest BCUT2D eigenvalue weighted by Gasteiger charge is 2.29. The molecule has 0 radical (unpaired) electrons. The van der Waals surface area contributed by atoms with Crippen LogP contribution in [0.5, 0.6) is 0 Å². The van der Waals surface area contributed by atoms with Crippen LogP contribution in [-0.2, 0) is 9.53 Å². The van der Waals surface area contributed by atoms with E-state index >= 15 is 0 Å². The first-order chi connectivity index (χ1) is 6.03. The number of carbonyl (C=O) groups is 1. The van der Waals surface area contributed by atoms with Crippen molar-refractivity contribution in [1.29, 1.82) is 0 Å². The summed E-state index contributed by atoms with van der Waals surface area (Å²) in [6, 6.07) is -0.446. The van der Waals surface area contributed by atoms with Gasteiger partial charge in [-0.25, -0.2) is 0 Å². The van der Waals surface area contributed by atoms with E-state index in [9.17, 15) is 4.79 Å². The van der Waals surface area contributed by atoms with Gasteiger partial charge in [0.1, 0.15) is 0 Å². The minimum atomic E-state index is -0.446. The minimum Gasteiger partial charge on any atom is -0.379 e. The highest BCUT2D eigenvalue weighted by molar-refractivity contribution is 5.81. The van der Waals surface area contributed by atoms with Crippen molar-refractivity contribution in [3.05, 3.63) is 0 Å². The smallest absolute Gasteiger partial charge is 0.237 e. The van der Waals surface area contributed by atoms with E-state index in [1.807, 2.05) is 6.92 Å². The molecular formula is C9H18N2O2. The third-order valence-corrected chi connectivity index (χ3v) is 2.28. The van der Waals surface area contributed by atoms with Crippen molar-refractivity contribution in [3.8, 4) is 0 Å². The summed E-state index contributed by atoms with van der Waals surface area (Å²) in [4.78, 5) is 11.3. The van der Waals surface area contributed by atoms with Gasteiger partial charge in [-0.05, 0) is 26.7 Å². The molecule has 0 bridgehead atoms. The maximum atomic E-state index is 11.3. The fourth-order valence-corrected chi connectivity index (χ4v) is 1.44. The summed E-state index contributed by atoms with van der Waals surface area (Å²) in [6.07, 6.45) is 1.96. The number of amides is 1. The number of hydrogen-bond acceptors (Lipinski definition) is 3. The second-order valence-electron chi connectivity index (χ2n) is 3.99. The van der Waals surface area contributed by atoms with E-state index in [0.29, 0.717) is 6.61 Å². The van der Waals surface area contributed by atoms with Crippen molar-refractivity contribution < 1.29 is 9.53 Å². The lowest BCUT2D eigenvalue weighted by Gasteiger charge is -2.34. The zero-order valence-corrected chi connectivity index (χ0v) is 8.30. The molecule has 2 atom stereocenters. The fourth-order valence-electron chi connectivity index (χ4n) is 1.44. The van der Waals surface area contributed by atoms with Gasteiger partial charge in [-0.3, -0.25) is 4.79 Å². The molecule has 0 aromatic rings. The molecule has 0 saturated carbocycles. The summed E-state index contributed by atoms with van der Waals surface area (Å²) < 4.78 is 5.31. The van der Waals surface area contributed by atoms with Crippen molar-refractivity contribution in [3.63, 3.8) is 0 Å². The predicted molar refractivity (Wildman–Crippen MR) is 50.3 cm³/mol. The van der Waals surface area contributed by atoms with E-state index in [2.05, 4.69) is 5.32 Å². The fraction of sp³-hybridized carbons (Fsp3) is 0.889. The van der Waals surface area contributed by atoms with Crippen LogP contribution >= 0.6 is 0 Å². The predicted octanol–water partition coefficient (Wildman–Crippen LogP) is 0.0189. The lowest BCUT2D eigenvalue weighted by molar-refractivity contribution is -0.125. The largest absolute Gasteiger partial charge is 0.379 e. The normalized spacial score (nSPS) is 31.0. The molecule has 1 saturated heterocycles. The Kier molecular flexibility index (Phi) is 3.27. The van der Waals surface area contributed by atoms with Crippen molar-refractivity contribution in [2.75, 3.05) is 13.2 Å². The average molecular weight is 186 g/mol. The number of carbonyl (C=O) groups excluding carboxylic acids is 1. The molecule has 0 spiro atoms. The lowest BCUT2D eigenvalue weighted by Crippen LogP contribution is -2.55. The van der Waals surface area contributed by atoms with Crippen LogP contribution in [0.1, 0.15) is 26.7 Å². The second-order valence-corrected chi connectivity index (χ2v) is 3.99. The highest BCUT2D eigenvalue weighted by Crippen LogP contribution is 2.17. The number of ether oxygens (including phenoxy) is 1. The summed E-state index contributed by atoms with van der Waals surface area (Å²) >= 11 is 0. The second kappa shape index (κ2) is 4.07. The Labute approximate surface area is 78.8 Å². The molecule has 13 heavy (non-hydrogen) atoms. The van der Waals surface area contributed by atoms with Gasteiger partial charge in [-0.1, -0.05) is 0 Å². The molecule has 0 aliphatic carbocycles. The summed E-state index contributed by atoms with van der Waals surface area (Å²) in [5.74, 6) is -0.104. The Balaban J connectivity index is 2.45. The molecular weight excluding hydrogens is 168 g/mol. The molecule has 1 aliphatic heterocycles. The summed E-state index contributed by atoms with van der Waals surface area (Å²) in [5.41, 5.74) is 5.24. The van der Waals surface area contributed by atoms with Gasteiger partial charge >= 0.3 is 0 Å². The lowest BCUT2D eigenvalue weighted by atomic mass is 9.94. The van der Waals surface area contributed by atoms with Gasteiger partial charge in [0.2, 0.25) is 5.91 Å². The van der Waals surface area contributed by atoms with Crippen LogP contribution in [0, 0.1) is 0 Å². The first-order valence-electron chi connectivity index (χ1n) is 4.69. The third kappa shape index (κ3) is 2.97. The SMILES string of the molecule is CC(N)C(=O)NC1(C)CCCOC1. The Morgan fingerprint density at radius 1 is 1.69 bits per heavy atom. The van der Waals surface area contributed by atoms with Gasteiger partial charge in [0.15, 0.2) is 0 Å². The van der Waals surface area contributed by atoms with E-state index in [1.165, 1.54) is 0 Å². The van der Waals surface area contributed by atoms with E-state index in [1.54, 1.807) is 6.92 Å². The van der Waals surface area contributed by atoms with Crippen LogP contribution in [0.4, 0.5) is 0 Å². The first-order valence-corrected chi connectivity index (χ1v) is 4.69.